The van der Waals surface area contributed by atoms with Crippen LogP contribution in [0.15, 0.2) is 53.5 Å². The van der Waals surface area contributed by atoms with Crippen LogP contribution in [0.1, 0.15) is 5.56 Å². The van der Waals surface area contributed by atoms with E-state index in [0.717, 1.165) is 5.69 Å². The highest BCUT2D eigenvalue weighted by Gasteiger charge is 2.15. The van der Waals surface area contributed by atoms with Crippen molar-refractivity contribution in [3.05, 3.63) is 70.4 Å². The van der Waals surface area contributed by atoms with Crippen LogP contribution in [0.3, 0.4) is 0 Å². The fourth-order valence-electron chi connectivity index (χ4n) is 2.44. The van der Waals surface area contributed by atoms with E-state index in [0.29, 0.717) is 11.3 Å². The van der Waals surface area contributed by atoms with Gasteiger partial charge < -0.3 is 9.55 Å². The number of aromatic nitrogens is 2. The van der Waals surface area contributed by atoms with E-state index in [2.05, 4.69) is 4.98 Å². The number of H-pyrrole nitrogens is 1. The molecule has 1 N–H and O–H groups in total. The highest BCUT2D eigenvalue weighted by molar-refractivity contribution is 5.74. The minimum Gasteiger partial charge on any atom is -0.349 e. The molecule has 0 aliphatic rings. The van der Waals surface area contributed by atoms with E-state index in [1.54, 1.807) is 24.3 Å². The summed E-state index contributed by atoms with van der Waals surface area (Å²) in [5, 5.41) is 9.23. The molecule has 2 heterocycles. The summed E-state index contributed by atoms with van der Waals surface area (Å²) in [7, 11) is 1.84. The molecule has 108 valence electrons. The average molecular weight is 293 g/mol. The Hall–Kier alpha value is -3.13. The number of halogens is 1. The van der Waals surface area contributed by atoms with Crippen LogP contribution in [0, 0.1) is 17.1 Å². The smallest absolute Gasteiger partial charge is 0.267 e. The molecular weight excluding hydrogens is 281 g/mol. The Labute approximate surface area is 126 Å². The number of benzene rings is 1. The van der Waals surface area contributed by atoms with Gasteiger partial charge in [-0.2, -0.15) is 5.26 Å². The van der Waals surface area contributed by atoms with Crippen molar-refractivity contribution >= 4 is 0 Å². The molecule has 0 amide bonds. The molecule has 3 aromatic rings. The third-order valence-corrected chi connectivity index (χ3v) is 3.53. The molecule has 0 bridgehead atoms. The van der Waals surface area contributed by atoms with Crippen molar-refractivity contribution in [1.82, 2.24) is 9.55 Å². The summed E-state index contributed by atoms with van der Waals surface area (Å²) >= 11 is 0. The van der Waals surface area contributed by atoms with Gasteiger partial charge in [-0.3, -0.25) is 4.79 Å². The van der Waals surface area contributed by atoms with E-state index in [4.69, 9.17) is 0 Å². The maximum atomic E-state index is 14.0. The van der Waals surface area contributed by atoms with Gasteiger partial charge in [0, 0.05) is 24.4 Å². The Morgan fingerprint density at radius 3 is 2.59 bits per heavy atom. The van der Waals surface area contributed by atoms with E-state index in [-0.39, 0.29) is 11.1 Å². The zero-order valence-electron chi connectivity index (χ0n) is 11.8. The van der Waals surface area contributed by atoms with Crippen molar-refractivity contribution in [2.45, 2.75) is 0 Å². The molecule has 0 saturated carbocycles. The third-order valence-electron chi connectivity index (χ3n) is 3.53. The Bertz CT molecular complexity index is 947. The summed E-state index contributed by atoms with van der Waals surface area (Å²) in [6.07, 6.45) is 1.84. The lowest BCUT2D eigenvalue weighted by Crippen LogP contribution is -2.13. The molecule has 0 unspecified atom stereocenters. The number of hydrogen-bond donors (Lipinski definition) is 1. The van der Waals surface area contributed by atoms with Gasteiger partial charge in [-0.15, -0.1) is 0 Å². The number of aromatic amines is 1. The first kappa shape index (κ1) is 13.8. The van der Waals surface area contributed by atoms with Gasteiger partial charge in [0.05, 0.1) is 11.4 Å². The lowest BCUT2D eigenvalue weighted by atomic mass is 10.00. The van der Waals surface area contributed by atoms with Gasteiger partial charge in [0.25, 0.3) is 5.56 Å². The molecule has 1 aromatic carbocycles. The molecule has 4 nitrogen and oxygen atoms in total. The van der Waals surface area contributed by atoms with Gasteiger partial charge >= 0.3 is 0 Å². The summed E-state index contributed by atoms with van der Waals surface area (Å²) in [6, 6.07) is 13.3. The van der Waals surface area contributed by atoms with E-state index in [1.807, 2.05) is 36.0 Å². The minimum atomic E-state index is -0.528. The Balaban J connectivity index is 2.32. The number of rotatable bonds is 2. The second-order valence-corrected chi connectivity index (χ2v) is 4.90. The van der Waals surface area contributed by atoms with E-state index < -0.39 is 11.4 Å². The van der Waals surface area contributed by atoms with Crippen molar-refractivity contribution < 1.29 is 4.39 Å². The van der Waals surface area contributed by atoms with Crippen LogP contribution in [0.2, 0.25) is 0 Å². The monoisotopic (exact) mass is 293 g/mol. The summed E-state index contributed by atoms with van der Waals surface area (Å²) < 4.78 is 15.9. The molecule has 0 spiro atoms. The number of aryl methyl sites for hydroxylation is 1. The Kier molecular flexibility index (Phi) is 3.36. The molecule has 0 fully saturated rings. The highest BCUT2D eigenvalue weighted by Crippen LogP contribution is 2.27. The second kappa shape index (κ2) is 5.34. The first-order valence-electron chi connectivity index (χ1n) is 6.66. The van der Waals surface area contributed by atoms with Crippen molar-refractivity contribution in [2.24, 2.45) is 7.05 Å². The predicted octanol–water partition coefficient (Wildman–Crippen LogP) is 3.06. The normalized spacial score (nSPS) is 10.4. The molecule has 5 heteroatoms. The number of nitrogens with one attached hydrogen (secondary N) is 1. The second-order valence-electron chi connectivity index (χ2n) is 4.90. The largest absolute Gasteiger partial charge is 0.349 e. The van der Waals surface area contributed by atoms with Gasteiger partial charge in [-0.25, -0.2) is 4.39 Å². The van der Waals surface area contributed by atoms with Gasteiger partial charge in [0.2, 0.25) is 0 Å². The highest BCUT2D eigenvalue weighted by atomic mass is 19.1. The molecule has 0 radical (unpaired) electrons. The van der Waals surface area contributed by atoms with Crippen molar-refractivity contribution in [3.63, 3.8) is 0 Å². The molecule has 0 atom stereocenters. The van der Waals surface area contributed by atoms with E-state index >= 15 is 0 Å². The van der Waals surface area contributed by atoms with E-state index in [1.165, 1.54) is 6.07 Å². The van der Waals surface area contributed by atoms with Gasteiger partial charge in [-0.1, -0.05) is 18.2 Å². The number of nitriles is 1. The lowest BCUT2D eigenvalue weighted by molar-refractivity contribution is 0.631. The summed E-state index contributed by atoms with van der Waals surface area (Å²) in [4.78, 5) is 14.9. The fraction of sp³-hybridized carbons (Fsp3) is 0.0588. The van der Waals surface area contributed by atoms with Crippen LogP contribution in [-0.4, -0.2) is 9.55 Å². The molecule has 22 heavy (non-hydrogen) atoms. The van der Waals surface area contributed by atoms with Gasteiger partial charge in [-0.05, 0) is 24.3 Å². The molecular formula is C17H12FN3O. The summed E-state index contributed by atoms with van der Waals surface area (Å²) in [5.41, 5.74) is 1.22. The first-order valence-corrected chi connectivity index (χ1v) is 6.66. The quantitative estimate of drug-likeness (QED) is 0.789. The maximum Gasteiger partial charge on any atom is 0.267 e. The number of nitrogens with zero attached hydrogens (tertiary/aromatic N) is 2. The van der Waals surface area contributed by atoms with Crippen LogP contribution in [0.25, 0.3) is 22.5 Å². The summed E-state index contributed by atoms with van der Waals surface area (Å²) in [6.45, 7) is 0. The standard InChI is InChI=1S/C17H12FN3O/c1-21-8-4-7-16(21)15-9-12(13(10-19)17(22)20-15)11-5-2-3-6-14(11)18/h2-9H,1H3,(H,20,22). The maximum absolute atomic E-state index is 14.0. The predicted molar refractivity (Wildman–Crippen MR) is 81.6 cm³/mol. The minimum absolute atomic E-state index is 0.0944. The van der Waals surface area contributed by atoms with Gasteiger partial charge in [0.1, 0.15) is 17.4 Å². The van der Waals surface area contributed by atoms with Crippen LogP contribution >= 0.6 is 0 Å². The molecule has 0 saturated heterocycles. The third kappa shape index (κ3) is 2.21. The first-order chi connectivity index (χ1) is 10.6. The average Bonchev–Trinajstić information content (AvgIpc) is 2.93. The van der Waals surface area contributed by atoms with Crippen LogP contribution in [-0.2, 0) is 7.05 Å². The molecule has 0 aliphatic heterocycles. The van der Waals surface area contributed by atoms with Crippen molar-refractivity contribution in [1.29, 1.82) is 5.26 Å². The number of pyridine rings is 1. The molecule has 0 aliphatic carbocycles. The van der Waals surface area contributed by atoms with Crippen molar-refractivity contribution in [2.75, 3.05) is 0 Å². The molecule has 2 aromatic heterocycles. The molecule has 3 rings (SSSR count). The Morgan fingerprint density at radius 2 is 1.95 bits per heavy atom. The zero-order valence-corrected chi connectivity index (χ0v) is 11.8. The number of hydrogen-bond acceptors (Lipinski definition) is 2. The summed E-state index contributed by atoms with van der Waals surface area (Å²) in [5.74, 6) is -0.470. The van der Waals surface area contributed by atoms with Crippen LogP contribution in [0.4, 0.5) is 4.39 Å². The Morgan fingerprint density at radius 1 is 1.18 bits per heavy atom. The topological polar surface area (TPSA) is 61.6 Å². The lowest BCUT2D eigenvalue weighted by Gasteiger charge is -2.09. The SMILES string of the molecule is Cn1cccc1-c1cc(-c2ccccc2F)c(C#N)c(=O)[nH]1. The zero-order chi connectivity index (χ0) is 15.7. The van der Waals surface area contributed by atoms with Crippen LogP contribution in [0.5, 0.6) is 0 Å². The van der Waals surface area contributed by atoms with Gasteiger partial charge in [0.15, 0.2) is 0 Å². The van der Waals surface area contributed by atoms with E-state index in [9.17, 15) is 14.4 Å². The fourth-order valence-corrected chi connectivity index (χ4v) is 2.44. The van der Waals surface area contributed by atoms with Crippen molar-refractivity contribution in [3.8, 4) is 28.6 Å². The van der Waals surface area contributed by atoms with Crippen LogP contribution < -0.4 is 5.56 Å².